The third-order valence-corrected chi connectivity index (χ3v) is 3.76. The van der Waals surface area contributed by atoms with Crippen molar-refractivity contribution in [3.63, 3.8) is 0 Å². The minimum absolute atomic E-state index is 0.208. The molecule has 10 heteroatoms. The number of halogens is 2. The molecule has 152 valence electrons. The number of hydrogen-bond donors (Lipinski definition) is 3. The van der Waals surface area contributed by atoms with Crippen LogP contribution >= 0.6 is 23.2 Å². The highest BCUT2D eigenvalue weighted by atomic mass is 35.5. The van der Waals surface area contributed by atoms with E-state index in [1.807, 2.05) is 0 Å². The number of benzene rings is 2. The molecular formula is C19H18Cl2N4O4. The Morgan fingerprint density at radius 1 is 1.03 bits per heavy atom. The third kappa shape index (κ3) is 7.81. The van der Waals surface area contributed by atoms with Gasteiger partial charge in [0.1, 0.15) is 5.75 Å². The van der Waals surface area contributed by atoms with Gasteiger partial charge >= 0.3 is 11.8 Å². The summed E-state index contributed by atoms with van der Waals surface area (Å²) < 4.78 is 5.41. The Morgan fingerprint density at radius 2 is 1.69 bits per heavy atom. The van der Waals surface area contributed by atoms with Crippen molar-refractivity contribution in [3.05, 3.63) is 58.1 Å². The van der Waals surface area contributed by atoms with E-state index in [9.17, 15) is 14.4 Å². The first-order chi connectivity index (χ1) is 13.9. The van der Waals surface area contributed by atoms with Gasteiger partial charge in [-0.2, -0.15) is 5.10 Å². The molecule has 2 rings (SSSR count). The second kappa shape index (κ2) is 11.0. The molecular weight excluding hydrogens is 419 g/mol. The molecule has 3 amide bonds. The Balaban J connectivity index is 1.81. The predicted molar refractivity (Wildman–Crippen MR) is 111 cm³/mol. The van der Waals surface area contributed by atoms with Gasteiger partial charge in [0.2, 0.25) is 0 Å². The summed E-state index contributed by atoms with van der Waals surface area (Å²) >= 11 is 11.8. The molecule has 0 aliphatic carbocycles. The van der Waals surface area contributed by atoms with Gasteiger partial charge in [0.05, 0.1) is 6.21 Å². The van der Waals surface area contributed by atoms with E-state index in [0.717, 1.165) is 0 Å². The summed E-state index contributed by atoms with van der Waals surface area (Å²) in [5, 5.41) is 9.51. The van der Waals surface area contributed by atoms with Crippen LogP contribution in [0.3, 0.4) is 0 Å². The van der Waals surface area contributed by atoms with Crippen LogP contribution in [0.25, 0.3) is 0 Å². The lowest BCUT2D eigenvalue weighted by Gasteiger charge is -2.08. The summed E-state index contributed by atoms with van der Waals surface area (Å²) in [6.07, 6.45) is 1.37. The number of rotatable bonds is 7. The van der Waals surface area contributed by atoms with Gasteiger partial charge in [-0.05, 0) is 55.0 Å². The average molecular weight is 437 g/mol. The van der Waals surface area contributed by atoms with Crippen LogP contribution in [0.5, 0.6) is 5.75 Å². The highest BCUT2D eigenvalue weighted by molar-refractivity contribution is 6.35. The van der Waals surface area contributed by atoms with Gasteiger partial charge in [-0.15, -0.1) is 0 Å². The molecule has 0 aliphatic rings. The van der Waals surface area contributed by atoms with E-state index in [2.05, 4.69) is 21.2 Å². The van der Waals surface area contributed by atoms with Crippen molar-refractivity contribution in [3.8, 4) is 5.75 Å². The van der Waals surface area contributed by atoms with Crippen LogP contribution in [-0.4, -0.2) is 37.1 Å². The lowest BCUT2D eigenvalue weighted by Crippen LogP contribution is -2.37. The Morgan fingerprint density at radius 3 is 2.31 bits per heavy atom. The molecule has 0 atom stereocenters. The zero-order valence-corrected chi connectivity index (χ0v) is 16.9. The van der Waals surface area contributed by atoms with Crippen LogP contribution in [-0.2, 0) is 14.4 Å². The first-order valence-electron chi connectivity index (χ1n) is 8.47. The molecule has 0 aromatic heterocycles. The number of likely N-dealkylation sites (N-methyl/N-ethyl adjacent to an activating group) is 1. The van der Waals surface area contributed by atoms with E-state index in [4.69, 9.17) is 27.9 Å². The molecule has 0 saturated heterocycles. The smallest absolute Gasteiger partial charge is 0.329 e. The molecule has 0 bridgehead atoms. The Hall–Kier alpha value is -3.10. The normalized spacial score (nSPS) is 10.4. The fourth-order valence-corrected chi connectivity index (χ4v) is 2.61. The molecule has 2 aromatic rings. The molecule has 0 unspecified atom stereocenters. The van der Waals surface area contributed by atoms with E-state index in [0.29, 0.717) is 33.6 Å². The lowest BCUT2D eigenvalue weighted by molar-refractivity contribution is -0.139. The minimum atomic E-state index is -0.852. The summed E-state index contributed by atoms with van der Waals surface area (Å²) in [5.41, 5.74) is 3.25. The van der Waals surface area contributed by atoms with Crippen LogP contribution in [0, 0.1) is 0 Å². The number of amides is 3. The quantitative estimate of drug-likeness (QED) is 0.352. The van der Waals surface area contributed by atoms with Gasteiger partial charge in [-0.25, -0.2) is 5.43 Å². The number of nitrogens with zero attached hydrogens (tertiary/aromatic N) is 1. The molecule has 2 aromatic carbocycles. The molecule has 0 saturated carbocycles. The summed E-state index contributed by atoms with van der Waals surface area (Å²) in [4.78, 5) is 34.6. The van der Waals surface area contributed by atoms with Crippen LogP contribution in [0.15, 0.2) is 47.6 Å². The molecule has 8 nitrogen and oxygen atoms in total. The summed E-state index contributed by atoms with van der Waals surface area (Å²) in [6.45, 7) is 1.84. The first kappa shape index (κ1) is 22.2. The van der Waals surface area contributed by atoms with Crippen molar-refractivity contribution in [1.29, 1.82) is 0 Å². The Kier molecular flexibility index (Phi) is 8.45. The number of ether oxygens (including phenoxy) is 1. The predicted octanol–water partition coefficient (Wildman–Crippen LogP) is 2.60. The van der Waals surface area contributed by atoms with Gasteiger partial charge < -0.3 is 15.4 Å². The van der Waals surface area contributed by atoms with E-state index in [1.165, 1.54) is 6.21 Å². The highest BCUT2D eigenvalue weighted by Crippen LogP contribution is 2.22. The minimum Gasteiger partial charge on any atom is -0.484 e. The highest BCUT2D eigenvalue weighted by Gasteiger charge is 2.10. The first-order valence-corrected chi connectivity index (χ1v) is 9.23. The number of nitrogens with one attached hydrogen (secondary N) is 3. The fraction of sp³-hybridized carbons (Fsp3) is 0.158. The second-order valence-electron chi connectivity index (χ2n) is 5.62. The third-order valence-electron chi connectivity index (χ3n) is 3.32. The van der Waals surface area contributed by atoms with Crippen molar-refractivity contribution in [2.75, 3.05) is 18.5 Å². The van der Waals surface area contributed by atoms with E-state index >= 15 is 0 Å². The van der Waals surface area contributed by atoms with E-state index < -0.39 is 11.8 Å². The monoisotopic (exact) mass is 436 g/mol. The number of anilines is 1. The second-order valence-corrected chi connectivity index (χ2v) is 6.50. The molecule has 0 heterocycles. The lowest BCUT2D eigenvalue weighted by atomic mass is 10.2. The van der Waals surface area contributed by atoms with Crippen LogP contribution in [0.4, 0.5) is 5.69 Å². The van der Waals surface area contributed by atoms with Crippen molar-refractivity contribution in [2.45, 2.75) is 6.92 Å². The number of carbonyl (C=O) groups is 3. The number of hydrazone groups is 1. The van der Waals surface area contributed by atoms with E-state index in [1.54, 1.807) is 49.4 Å². The average Bonchev–Trinajstić information content (AvgIpc) is 2.66. The summed E-state index contributed by atoms with van der Waals surface area (Å²) in [6, 6.07) is 11.3. The molecule has 0 spiro atoms. The van der Waals surface area contributed by atoms with Gasteiger partial charge in [-0.3, -0.25) is 14.4 Å². The fourth-order valence-electron chi connectivity index (χ4n) is 2.08. The van der Waals surface area contributed by atoms with E-state index in [-0.39, 0.29) is 12.5 Å². The molecule has 0 fully saturated rings. The van der Waals surface area contributed by atoms with Gasteiger partial charge in [-0.1, -0.05) is 23.2 Å². The van der Waals surface area contributed by atoms with Gasteiger partial charge in [0, 0.05) is 22.3 Å². The maximum Gasteiger partial charge on any atom is 0.329 e. The standard InChI is InChI=1S/C19H18Cl2N4O4/c1-2-22-18(27)19(28)25-23-10-12-3-5-16(6-4-12)29-11-17(26)24-15-8-13(20)7-14(21)9-15/h3-10H,2,11H2,1H3,(H,22,27)(H,24,26)(H,25,28)/b23-10-. The number of carbonyl (C=O) groups excluding carboxylic acids is 3. The Bertz CT molecular complexity index is 897. The van der Waals surface area contributed by atoms with Crippen molar-refractivity contribution >= 4 is 52.8 Å². The maximum absolute atomic E-state index is 12.0. The van der Waals surface area contributed by atoms with Gasteiger partial charge in [0.25, 0.3) is 5.91 Å². The largest absolute Gasteiger partial charge is 0.484 e. The molecule has 3 N–H and O–H groups in total. The SMILES string of the molecule is CCNC(=O)C(=O)N/N=C\c1ccc(OCC(=O)Nc2cc(Cl)cc(Cl)c2)cc1. The Labute approximate surface area is 177 Å². The van der Waals surface area contributed by atoms with Crippen LogP contribution < -0.4 is 20.8 Å². The maximum atomic E-state index is 12.0. The van der Waals surface area contributed by atoms with Crippen LogP contribution in [0.2, 0.25) is 10.0 Å². The van der Waals surface area contributed by atoms with Crippen molar-refractivity contribution in [1.82, 2.24) is 10.7 Å². The summed E-state index contributed by atoms with van der Waals surface area (Å²) in [7, 11) is 0. The summed E-state index contributed by atoms with van der Waals surface area (Å²) in [5.74, 6) is -1.52. The van der Waals surface area contributed by atoms with Gasteiger partial charge in [0.15, 0.2) is 6.61 Å². The molecule has 29 heavy (non-hydrogen) atoms. The molecule has 0 radical (unpaired) electrons. The molecule has 0 aliphatic heterocycles. The van der Waals surface area contributed by atoms with Crippen LogP contribution in [0.1, 0.15) is 12.5 Å². The number of hydrogen-bond acceptors (Lipinski definition) is 5. The zero-order chi connectivity index (χ0) is 21.2. The van der Waals surface area contributed by atoms with Crippen molar-refractivity contribution < 1.29 is 19.1 Å². The van der Waals surface area contributed by atoms with Crippen molar-refractivity contribution in [2.24, 2.45) is 5.10 Å². The topological polar surface area (TPSA) is 109 Å². The zero-order valence-electron chi connectivity index (χ0n) is 15.4.